The SMILES string of the molecule is COc1ccc2cc(-c3ccc(N(C)C)cc3)sc2c1. The van der Waals surface area contributed by atoms with Crippen molar-refractivity contribution in [2.45, 2.75) is 0 Å². The van der Waals surface area contributed by atoms with E-state index in [4.69, 9.17) is 4.74 Å². The third-order valence-electron chi connectivity index (χ3n) is 3.40. The Morgan fingerprint density at radius 3 is 2.35 bits per heavy atom. The van der Waals surface area contributed by atoms with Crippen molar-refractivity contribution in [3.8, 4) is 16.2 Å². The summed E-state index contributed by atoms with van der Waals surface area (Å²) in [4.78, 5) is 3.40. The van der Waals surface area contributed by atoms with E-state index in [9.17, 15) is 0 Å². The number of rotatable bonds is 3. The number of benzene rings is 2. The van der Waals surface area contributed by atoms with Crippen molar-refractivity contribution in [1.29, 1.82) is 0 Å². The van der Waals surface area contributed by atoms with Crippen LogP contribution in [0.3, 0.4) is 0 Å². The van der Waals surface area contributed by atoms with Crippen molar-refractivity contribution >= 4 is 27.1 Å². The van der Waals surface area contributed by atoms with E-state index in [0.29, 0.717) is 0 Å². The van der Waals surface area contributed by atoms with Gasteiger partial charge in [-0.2, -0.15) is 0 Å². The largest absolute Gasteiger partial charge is 0.497 e. The summed E-state index contributed by atoms with van der Waals surface area (Å²) in [5.74, 6) is 0.911. The van der Waals surface area contributed by atoms with Gasteiger partial charge in [0.25, 0.3) is 0 Å². The average Bonchev–Trinajstić information content (AvgIpc) is 2.90. The number of fused-ring (bicyclic) bond motifs is 1. The molecule has 0 fully saturated rings. The van der Waals surface area contributed by atoms with Crippen LogP contribution >= 0.6 is 11.3 Å². The lowest BCUT2D eigenvalue weighted by atomic mass is 10.1. The number of hydrogen-bond acceptors (Lipinski definition) is 3. The van der Waals surface area contributed by atoms with Crippen LogP contribution in [0.2, 0.25) is 0 Å². The maximum Gasteiger partial charge on any atom is 0.120 e. The summed E-state index contributed by atoms with van der Waals surface area (Å²) in [6.45, 7) is 0. The predicted octanol–water partition coefficient (Wildman–Crippen LogP) is 4.64. The van der Waals surface area contributed by atoms with Gasteiger partial charge in [-0.1, -0.05) is 12.1 Å². The molecular weight excluding hydrogens is 266 g/mol. The molecule has 0 aliphatic heterocycles. The lowest BCUT2D eigenvalue weighted by Crippen LogP contribution is -2.07. The van der Waals surface area contributed by atoms with E-state index in [1.165, 1.54) is 26.2 Å². The Morgan fingerprint density at radius 2 is 1.70 bits per heavy atom. The minimum atomic E-state index is 0.911. The monoisotopic (exact) mass is 283 g/mol. The van der Waals surface area contributed by atoms with E-state index in [1.807, 2.05) is 6.07 Å². The molecule has 0 atom stereocenters. The van der Waals surface area contributed by atoms with Gasteiger partial charge in [0, 0.05) is 29.4 Å². The summed E-state index contributed by atoms with van der Waals surface area (Å²) in [5, 5.41) is 1.27. The Kier molecular flexibility index (Phi) is 3.36. The van der Waals surface area contributed by atoms with Crippen LogP contribution in [0, 0.1) is 0 Å². The van der Waals surface area contributed by atoms with Crippen LogP contribution in [0.5, 0.6) is 5.75 Å². The molecule has 1 aromatic heterocycles. The zero-order valence-electron chi connectivity index (χ0n) is 11.9. The van der Waals surface area contributed by atoms with Crippen molar-refractivity contribution in [2.75, 3.05) is 26.1 Å². The highest BCUT2D eigenvalue weighted by molar-refractivity contribution is 7.22. The molecular formula is C17H17NOS. The van der Waals surface area contributed by atoms with Crippen LogP contribution in [-0.2, 0) is 0 Å². The third-order valence-corrected chi connectivity index (χ3v) is 4.54. The minimum absolute atomic E-state index is 0.911. The molecule has 3 aromatic rings. The van der Waals surface area contributed by atoms with Gasteiger partial charge in [0.15, 0.2) is 0 Å². The molecule has 0 aliphatic carbocycles. The Morgan fingerprint density at radius 1 is 0.950 bits per heavy atom. The summed E-state index contributed by atoms with van der Waals surface area (Å²) in [6.07, 6.45) is 0. The van der Waals surface area contributed by atoms with Crippen molar-refractivity contribution in [1.82, 2.24) is 0 Å². The highest BCUT2D eigenvalue weighted by atomic mass is 32.1. The van der Waals surface area contributed by atoms with Gasteiger partial charge in [-0.3, -0.25) is 0 Å². The first-order chi connectivity index (χ1) is 9.67. The quantitative estimate of drug-likeness (QED) is 0.694. The Hall–Kier alpha value is -2.00. The van der Waals surface area contributed by atoms with E-state index < -0.39 is 0 Å². The molecule has 20 heavy (non-hydrogen) atoms. The highest BCUT2D eigenvalue weighted by Crippen LogP contribution is 2.35. The number of methoxy groups -OCH3 is 1. The van der Waals surface area contributed by atoms with Gasteiger partial charge in [0.05, 0.1) is 7.11 Å². The van der Waals surface area contributed by atoms with E-state index in [-0.39, 0.29) is 0 Å². The molecule has 0 amide bonds. The predicted molar refractivity (Wildman–Crippen MR) is 88.1 cm³/mol. The first kappa shape index (κ1) is 13.0. The standard InChI is InChI=1S/C17H17NOS/c1-18(2)14-7-4-12(5-8-14)16-10-13-6-9-15(19-3)11-17(13)20-16/h4-11H,1-3H3. The zero-order chi connectivity index (χ0) is 14.1. The second-order valence-corrected chi connectivity index (χ2v) is 6.04. The van der Waals surface area contributed by atoms with Crippen molar-refractivity contribution in [3.63, 3.8) is 0 Å². The smallest absolute Gasteiger partial charge is 0.120 e. The van der Waals surface area contributed by atoms with Gasteiger partial charge in [-0.15, -0.1) is 11.3 Å². The Balaban J connectivity index is 2.01. The number of anilines is 1. The summed E-state index contributed by atoms with van der Waals surface area (Å²) in [7, 11) is 5.82. The highest BCUT2D eigenvalue weighted by Gasteiger charge is 2.06. The second-order valence-electron chi connectivity index (χ2n) is 4.96. The first-order valence-corrected chi connectivity index (χ1v) is 7.34. The molecule has 0 saturated carbocycles. The average molecular weight is 283 g/mol. The van der Waals surface area contributed by atoms with Gasteiger partial charge in [-0.25, -0.2) is 0 Å². The topological polar surface area (TPSA) is 12.5 Å². The van der Waals surface area contributed by atoms with Crippen LogP contribution in [0.1, 0.15) is 0 Å². The van der Waals surface area contributed by atoms with Crippen molar-refractivity contribution in [2.24, 2.45) is 0 Å². The lowest BCUT2D eigenvalue weighted by Gasteiger charge is -2.12. The molecule has 0 aliphatic rings. The van der Waals surface area contributed by atoms with E-state index >= 15 is 0 Å². The van der Waals surface area contributed by atoms with Gasteiger partial charge in [0.1, 0.15) is 5.75 Å². The molecule has 0 radical (unpaired) electrons. The molecule has 0 spiro atoms. The molecule has 3 rings (SSSR count). The molecule has 0 bridgehead atoms. The second kappa shape index (κ2) is 5.17. The van der Waals surface area contributed by atoms with E-state index in [0.717, 1.165) is 5.75 Å². The fourth-order valence-electron chi connectivity index (χ4n) is 2.20. The van der Waals surface area contributed by atoms with Crippen LogP contribution in [-0.4, -0.2) is 21.2 Å². The number of hydrogen-bond donors (Lipinski definition) is 0. The maximum absolute atomic E-state index is 5.28. The van der Waals surface area contributed by atoms with Crippen molar-refractivity contribution in [3.05, 3.63) is 48.5 Å². The van der Waals surface area contributed by atoms with Crippen molar-refractivity contribution < 1.29 is 4.74 Å². The molecule has 102 valence electrons. The normalized spacial score (nSPS) is 10.8. The summed E-state index contributed by atoms with van der Waals surface area (Å²) >= 11 is 1.80. The summed E-state index contributed by atoms with van der Waals surface area (Å²) < 4.78 is 6.54. The lowest BCUT2D eigenvalue weighted by molar-refractivity contribution is 0.415. The molecule has 3 heteroatoms. The van der Waals surface area contributed by atoms with E-state index in [1.54, 1.807) is 18.4 Å². The molecule has 0 unspecified atom stereocenters. The van der Waals surface area contributed by atoms with E-state index in [2.05, 4.69) is 61.5 Å². The fraction of sp³-hybridized carbons (Fsp3) is 0.176. The molecule has 1 heterocycles. The van der Waals surface area contributed by atoms with Crippen LogP contribution in [0.15, 0.2) is 48.5 Å². The van der Waals surface area contributed by atoms with Gasteiger partial charge >= 0.3 is 0 Å². The van der Waals surface area contributed by atoms with Gasteiger partial charge < -0.3 is 9.64 Å². The van der Waals surface area contributed by atoms with Crippen LogP contribution < -0.4 is 9.64 Å². The zero-order valence-corrected chi connectivity index (χ0v) is 12.7. The maximum atomic E-state index is 5.28. The number of ether oxygens (including phenoxy) is 1. The number of thiophene rings is 1. The Labute approximate surface area is 123 Å². The van der Waals surface area contributed by atoms with Crippen LogP contribution in [0.25, 0.3) is 20.5 Å². The molecule has 0 saturated heterocycles. The molecule has 2 nitrogen and oxygen atoms in total. The van der Waals surface area contributed by atoms with Crippen LogP contribution in [0.4, 0.5) is 5.69 Å². The first-order valence-electron chi connectivity index (χ1n) is 6.53. The minimum Gasteiger partial charge on any atom is -0.497 e. The van der Waals surface area contributed by atoms with Gasteiger partial charge in [0.2, 0.25) is 0 Å². The molecule has 2 aromatic carbocycles. The van der Waals surface area contributed by atoms with Gasteiger partial charge in [-0.05, 0) is 47.3 Å². The summed E-state index contributed by atoms with van der Waals surface area (Å²) in [5.41, 5.74) is 2.48. The third kappa shape index (κ3) is 2.37. The fourth-order valence-corrected chi connectivity index (χ4v) is 3.30. The molecule has 0 N–H and O–H groups in total. The number of nitrogens with zero attached hydrogens (tertiary/aromatic N) is 1. The summed E-state index contributed by atoms with van der Waals surface area (Å²) in [6, 6.07) is 17.1. The Bertz CT molecular complexity index is 728.